The van der Waals surface area contributed by atoms with E-state index in [9.17, 15) is 17.6 Å². The Morgan fingerprint density at radius 3 is 2.52 bits per heavy atom. The lowest BCUT2D eigenvalue weighted by Gasteiger charge is -2.36. The van der Waals surface area contributed by atoms with Crippen LogP contribution in [0.15, 0.2) is 63.7 Å². The van der Waals surface area contributed by atoms with Crippen molar-refractivity contribution in [1.82, 2.24) is 10.2 Å². The Morgan fingerprint density at radius 2 is 1.88 bits per heavy atom. The van der Waals surface area contributed by atoms with Crippen LogP contribution in [0.5, 0.6) is 0 Å². The largest absolute Gasteiger partial charge is 0.416 e. The van der Waals surface area contributed by atoms with Gasteiger partial charge in [0, 0.05) is 42.5 Å². The first kappa shape index (κ1) is 24.4. The molecule has 1 aliphatic heterocycles. The highest BCUT2D eigenvalue weighted by Crippen LogP contribution is 2.39. The minimum atomic E-state index is -4.53. The number of alkyl halides is 3. The Morgan fingerprint density at radius 1 is 1.18 bits per heavy atom. The van der Waals surface area contributed by atoms with Crippen molar-refractivity contribution >= 4 is 11.7 Å². The SMILES string of the molecule is CCN=C(NC1=NC(c2ccccc2C(F)(F)F)N(C)C(CN)=C1C)c1cc(F)ccc1C. The van der Waals surface area contributed by atoms with Crippen LogP contribution < -0.4 is 11.1 Å². The van der Waals surface area contributed by atoms with Crippen molar-refractivity contribution in [3.8, 4) is 0 Å². The highest BCUT2D eigenvalue weighted by Gasteiger charge is 2.37. The first-order chi connectivity index (χ1) is 15.6. The summed E-state index contributed by atoms with van der Waals surface area (Å²) in [5.74, 6) is 0.307. The summed E-state index contributed by atoms with van der Waals surface area (Å²) in [6, 6.07) is 9.72. The smallest absolute Gasteiger partial charge is 0.351 e. The van der Waals surface area contributed by atoms with E-state index in [0.29, 0.717) is 35.0 Å². The summed E-state index contributed by atoms with van der Waals surface area (Å²) >= 11 is 0. The Hall–Kier alpha value is -3.20. The lowest BCUT2D eigenvalue weighted by molar-refractivity contribution is -0.138. The molecular formula is C24H27F4N5. The van der Waals surface area contributed by atoms with Crippen molar-refractivity contribution in [1.29, 1.82) is 0 Å². The van der Waals surface area contributed by atoms with E-state index < -0.39 is 23.7 Å². The second-order valence-electron chi connectivity index (χ2n) is 7.73. The molecule has 0 bridgehead atoms. The number of nitrogens with two attached hydrogens (primary N) is 1. The van der Waals surface area contributed by atoms with E-state index >= 15 is 0 Å². The summed E-state index contributed by atoms with van der Waals surface area (Å²) in [6.07, 6.45) is -5.49. The third kappa shape index (κ3) is 5.08. The molecule has 176 valence electrons. The summed E-state index contributed by atoms with van der Waals surface area (Å²) in [4.78, 5) is 10.7. The van der Waals surface area contributed by atoms with Gasteiger partial charge in [0.1, 0.15) is 23.7 Å². The monoisotopic (exact) mass is 461 g/mol. The van der Waals surface area contributed by atoms with Crippen LogP contribution in [0.2, 0.25) is 0 Å². The number of benzene rings is 2. The standard InChI is InChI=1S/C24H27F4N5/c1-5-30-22(18-12-16(25)11-10-14(18)2)31-21-15(3)20(13-29)33(4)23(32-21)17-8-6-7-9-19(17)24(26,27)28/h6-12,23H,5,13,29H2,1-4H3,(H,30,31,32). The van der Waals surface area contributed by atoms with Gasteiger partial charge < -0.3 is 16.0 Å². The lowest BCUT2D eigenvalue weighted by atomic mass is 10.0. The summed E-state index contributed by atoms with van der Waals surface area (Å²) in [6.45, 7) is 5.97. The van der Waals surface area contributed by atoms with Crippen LogP contribution in [-0.2, 0) is 6.18 Å². The van der Waals surface area contributed by atoms with Crippen LogP contribution in [0, 0.1) is 12.7 Å². The van der Waals surface area contributed by atoms with Crippen molar-refractivity contribution in [2.75, 3.05) is 20.1 Å². The zero-order valence-electron chi connectivity index (χ0n) is 19.0. The summed E-state index contributed by atoms with van der Waals surface area (Å²) < 4.78 is 55.1. The molecule has 9 heteroatoms. The molecule has 1 unspecified atom stereocenters. The van der Waals surface area contributed by atoms with E-state index in [2.05, 4.69) is 15.3 Å². The van der Waals surface area contributed by atoms with Crippen LogP contribution in [-0.4, -0.2) is 36.7 Å². The normalized spacial score (nSPS) is 17.4. The minimum Gasteiger partial charge on any atom is -0.351 e. The second-order valence-corrected chi connectivity index (χ2v) is 7.73. The van der Waals surface area contributed by atoms with Gasteiger partial charge in [0.05, 0.1) is 5.56 Å². The lowest BCUT2D eigenvalue weighted by Crippen LogP contribution is -2.41. The molecule has 0 aromatic heterocycles. The molecule has 0 saturated heterocycles. The van der Waals surface area contributed by atoms with E-state index in [1.807, 2.05) is 13.8 Å². The predicted octanol–water partition coefficient (Wildman–Crippen LogP) is 4.78. The number of aryl methyl sites for hydroxylation is 1. The zero-order chi connectivity index (χ0) is 24.3. The quantitative estimate of drug-likeness (QED) is 0.391. The van der Waals surface area contributed by atoms with Gasteiger partial charge in [0.2, 0.25) is 0 Å². The number of nitrogens with one attached hydrogen (secondary N) is 1. The van der Waals surface area contributed by atoms with Crippen molar-refractivity contribution in [3.05, 3.63) is 81.8 Å². The van der Waals surface area contributed by atoms with E-state index in [1.54, 1.807) is 31.0 Å². The van der Waals surface area contributed by atoms with Gasteiger partial charge in [-0.2, -0.15) is 13.2 Å². The fourth-order valence-corrected chi connectivity index (χ4v) is 3.85. The molecule has 1 aliphatic rings. The number of amidine groups is 2. The number of hydrogen-bond donors (Lipinski definition) is 2. The van der Waals surface area contributed by atoms with Gasteiger partial charge in [-0.25, -0.2) is 9.38 Å². The maximum absolute atomic E-state index is 14.0. The maximum atomic E-state index is 14.0. The van der Waals surface area contributed by atoms with Crippen LogP contribution in [0.3, 0.4) is 0 Å². The molecule has 2 aromatic carbocycles. The molecule has 33 heavy (non-hydrogen) atoms. The molecule has 1 heterocycles. The number of nitrogens with zero attached hydrogens (tertiary/aromatic N) is 3. The van der Waals surface area contributed by atoms with Gasteiger partial charge in [-0.05, 0) is 44.5 Å². The van der Waals surface area contributed by atoms with E-state index in [4.69, 9.17) is 5.73 Å². The fraction of sp³-hybridized carbons (Fsp3) is 0.333. The van der Waals surface area contributed by atoms with E-state index in [-0.39, 0.29) is 12.1 Å². The molecule has 0 saturated carbocycles. The van der Waals surface area contributed by atoms with Gasteiger partial charge in [-0.15, -0.1) is 0 Å². The third-order valence-corrected chi connectivity index (χ3v) is 5.58. The minimum absolute atomic E-state index is 0.0150. The number of aliphatic imine (C=N–C) groups is 2. The highest BCUT2D eigenvalue weighted by molar-refractivity contribution is 6.15. The molecule has 2 aromatic rings. The molecule has 0 spiro atoms. The Labute approximate surface area is 190 Å². The fourth-order valence-electron chi connectivity index (χ4n) is 3.85. The first-order valence-electron chi connectivity index (χ1n) is 10.5. The molecule has 5 nitrogen and oxygen atoms in total. The number of halogens is 4. The van der Waals surface area contributed by atoms with Crippen molar-refractivity contribution < 1.29 is 17.6 Å². The molecule has 0 radical (unpaired) electrons. The maximum Gasteiger partial charge on any atom is 0.416 e. The molecule has 3 rings (SSSR count). The third-order valence-electron chi connectivity index (χ3n) is 5.58. The van der Waals surface area contributed by atoms with Crippen LogP contribution in [0.4, 0.5) is 17.6 Å². The van der Waals surface area contributed by atoms with Crippen LogP contribution in [0.25, 0.3) is 0 Å². The summed E-state index contributed by atoms with van der Waals surface area (Å²) in [7, 11) is 1.67. The van der Waals surface area contributed by atoms with E-state index in [0.717, 1.165) is 11.6 Å². The Balaban J connectivity index is 2.12. The van der Waals surface area contributed by atoms with Gasteiger partial charge in [-0.3, -0.25) is 4.99 Å². The Bertz CT molecular complexity index is 1120. The van der Waals surface area contributed by atoms with Gasteiger partial charge in [-0.1, -0.05) is 24.3 Å². The average Bonchev–Trinajstić information content (AvgIpc) is 2.76. The van der Waals surface area contributed by atoms with Gasteiger partial charge in [0.15, 0.2) is 0 Å². The number of hydrogen-bond acceptors (Lipinski definition) is 4. The first-order valence-corrected chi connectivity index (χ1v) is 10.5. The van der Waals surface area contributed by atoms with Crippen molar-refractivity contribution in [2.24, 2.45) is 15.7 Å². The van der Waals surface area contributed by atoms with Gasteiger partial charge >= 0.3 is 6.18 Å². The van der Waals surface area contributed by atoms with Crippen LogP contribution >= 0.6 is 0 Å². The average molecular weight is 462 g/mol. The molecule has 0 amide bonds. The van der Waals surface area contributed by atoms with Crippen LogP contribution in [0.1, 0.15) is 42.3 Å². The summed E-state index contributed by atoms with van der Waals surface area (Å²) in [5, 5.41) is 3.15. The predicted molar refractivity (Wildman–Crippen MR) is 122 cm³/mol. The second kappa shape index (κ2) is 9.74. The topological polar surface area (TPSA) is 66.0 Å². The molecule has 0 fully saturated rings. The summed E-state index contributed by atoms with van der Waals surface area (Å²) in [5.41, 5.74) is 7.89. The Kier molecular flexibility index (Phi) is 7.22. The van der Waals surface area contributed by atoms with E-state index in [1.165, 1.54) is 24.3 Å². The molecule has 0 aliphatic carbocycles. The number of likely N-dealkylation sites (N-methyl/N-ethyl adjacent to an activating group) is 1. The highest BCUT2D eigenvalue weighted by atomic mass is 19.4. The molecule has 3 N–H and O–H groups in total. The molecule has 1 atom stereocenters. The van der Waals surface area contributed by atoms with Gasteiger partial charge in [0.25, 0.3) is 0 Å². The molecular weight excluding hydrogens is 434 g/mol. The van der Waals surface area contributed by atoms with Crippen molar-refractivity contribution in [3.63, 3.8) is 0 Å². The number of rotatable bonds is 4. The zero-order valence-corrected chi connectivity index (χ0v) is 19.0. The van der Waals surface area contributed by atoms with Crippen molar-refractivity contribution in [2.45, 2.75) is 33.1 Å².